The molecule has 2 unspecified atom stereocenters. The van der Waals surface area contributed by atoms with Crippen LogP contribution in [-0.2, 0) is 4.74 Å². The van der Waals surface area contributed by atoms with Crippen molar-refractivity contribution in [3.8, 4) is 0 Å². The molecule has 2 aromatic rings. The zero-order valence-corrected chi connectivity index (χ0v) is 14.0. The van der Waals surface area contributed by atoms with E-state index in [1.807, 2.05) is 25.1 Å². The molecule has 3 nitrogen and oxygen atoms in total. The van der Waals surface area contributed by atoms with E-state index in [2.05, 4.69) is 38.2 Å². The number of nitrogens with one attached hydrogen (secondary N) is 1. The van der Waals surface area contributed by atoms with Gasteiger partial charge in [-0.1, -0.05) is 37.3 Å². The minimum absolute atomic E-state index is 0.0672. The second-order valence-electron chi connectivity index (χ2n) is 5.03. The highest BCUT2D eigenvalue weighted by Crippen LogP contribution is 2.33. The number of nitrogens with zero attached hydrogens (tertiary/aromatic N) is 1. The fourth-order valence-electron chi connectivity index (χ4n) is 2.45. The number of benzene rings is 1. The quantitative estimate of drug-likeness (QED) is 0.830. The lowest BCUT2D eigenvalue weighted by molar-refractivity contribution is 0.0911. The Labute approximate surface area is 131 Å². The van der Waals surface area contributed by atoms with E-state index >= 15 is 0 Å². The normalized spacial score (nSPS) is 14.1. The second-order valence-corrected chi connectivity index (χ2v) is 6.09. The molecule has 4 heteroatoms. The van der Waals surface area contributed by atoms with Crippen LogP contribution in [0.25, 0.3) is 0 Å². The van der Waals surface area contributed by atoms with Gasteiger partial charge in [0.2, 0.25) is 0 Å². The van der Waals surface area contributed by atoms with Crippen molar-refractivity contribution >= 4 is 11.3 Å². The molecule has 0 fully saturated rings. The molecule has 2 atom stereocenters. The summed E-state index contributed by atoms with van der Waals surface area (Å²) < 4.78 is 5.95. The lowest BCUT2D eigenvalue weighted by Crippen LogP contribution is -2.17. The summed E-state index contributed by atoms with van der Waals surface area (Å²) in [6, 6.07) is 10.7. The van der Waals surface area contributed by atoms with Crippen LogP contribution < -0.4 is 5.32 Å². The van der Waals surface area contributed by atoms with Gasteiger partial charge in [0.05, 0.1) is 5.69 Å². The fourth-order valence-corrected chi connectivity index (χ4v) is 3.62. The maximum Gasteiger partial charge on any atom is 0.134 e. The molecule has 2 rings (SSSR count). The summed E-state index contributed by atoms with van der Waals surface area (Å²) in [5.41, 5.74) is 2.26. The standard InChI is InChI=1S/C17H24N2OS/c1-5-18-12(3)16-13(4)19-17(21-16)15(20-6-2)14-10-8-7-9-11-14/h7-12,15,18H,5-6H2,1-4H3. The third-order valence-electron chi connectivity index (χ3n) is 3.41. The van der Waals surface area contributed by atoms with E-state index in [0.29, 0.717) is 12.6 Å². The summed E-state index contributed by atoms with van der Waals surface area (Å²) in [6.45, 7) is 10.1. The van der Waals surface area contributed by atoms with E-state index < -0.39 is 0 Å². The average Bonchev–Trinajstić information content (AvgIpc) is 2.87. The smallest absolute Gasteiger partial charge is 0.134 e. The predicted octanol–water partition coefficient (Wildman–Crippen LogP) is 4.25. The van der Waals surface area contributed by atoms with Crippen molar-refractivity contribution in [3.63, 3.8) is 0 Å². The van der Waals surface area contributed by atoms with Gasteiger partial charge >= 0.3 is 0 Å². The van der Waals surface area contributed by atoms with Crippen molar-refractivity contribution in [2.75, 3.05) is 13.2 Å². The first-order chi connectivity index (χ1) is 10.2. The highest BCUT2D eigenvalue weighted by molar-refractivity contribution is 7.12. The van der Waals surface area contributed by atoms with Crippen molar-refractivity contribution in [3.05, 3.63) is 51.5 Å². The van der Waals surface area contributed by atoms with Gasteiger partial charge in [0, 0.05) is 17.5 Å². The summed E-state index contributed by atoms with van der Waals surface area (Å²) in [5.74, 6) is 0. The van der Waals surface area contributed by atoms with Crippen molar-refractivity contribution in [2.24, 2.45) is 0 Å². The second kappa shape index (κ2) is 7.69. The molecule has 1 aromatic carbocycles. The molecule has 0 spiro atoms. The molecule has 0 aliphatic rings. The van der Waals surface area contributed by atoms with E-state index in [9.17, 15) is 0 Å². The molecular weight excluding hydrogens is 280 g/mol. The highest BCUT2D eigenvalue weighted by Gasteiger charge is 2.21. The zero-order chi connectivity index (χ0) is 15.2. The molecule has 0 bridgehead atoms. The molecule has 0 aliphatic heterocycles. The Morgan fingerprint density at radius 2 is 1.95 bits per heavy atom. The lowest BCUT2D eigenvalue weighted by atomic mass is 10.1. The SMILES string of the molecule is CCNC(C)c1sc(C(OCC)c2ccccc2)nc1C. The highest BCUT2D eigenvalue weighted by atomic mass is 32.1. The van der Waals surface area contributed by atoms with Crippen molar-refractivity contribution in [2.45, 2.75) is 39.8 Å². The van der Waals surface area contributed by atoms with Crippen LogP contribution in [0.2, 0.25) is 0 Å². The molecule has 0 saturated heterocycles. The van der Waals surface area contributed by atoms with Crippen LogP contribution in [0, 0.1) is 6.92 Å². The van der Waals surface area contributed by atoms with E-state index in [1.165, 1.54) is 4.88 Å². The summed E-state index contributed by atoms with van der Waals surface area (Å²) in [4.78, 5) is 6.06. The molecule has 114 valence electrons. The van der Waals surface area contributed by atoms with E-state index in [4.69, 9.17) is 9.72 Å². The Morgan fingerprint density at radius 3 is 2.57 bits per heavy atom. The molecule has 0 aliphatic carbocycles. The number of hydrogen-bond acceptors (Lipinski definition) is 4. The topological polar surface area (TPSA) is 34.1 Å². The van der Waals surface area contributed by atoms with Gasteiger partial charge in [-0.25, -0.2) is 4.98 Å². The van der Waals surface area contributed by atoms with E-state index in [1.54, 1.807) is 11.3 Å². The molecule has 1 N–H and O–H groups in total. The Bertz CT molecular complexity index is 553. The summed E-state index contributed by atoms with van der Waals surface area (Å²) >= 11 is 1.75. The van der Waals surface area contributed by atoms with Crippen LogP contribution in [0.3, 0.4) is 0 Å². The molecule has 0 saturated carbocycles. The zero-order valence-electron chi connectivity index (χ0n) is 13.2. The molecule has 1 heterocycles. The van der Waals surface area contributed by atoms with Crippen LogP contribution in [0.5, 0.6) is 0 Å². The van der Waals surface area contributed by atoms with E-state index in [0.717, 1.165) is 22.8 Å². The Kier molecular flexibility index (Phi) is 5.91. The minimum Gasteiger partial charge on any atom is -0.367 e. The van der Waals surface area contributed by atoms with Crippen molar-refractivity contribution in [1.29, 1.82) is 0 Å². The largest absolute Gasteiger partial charge is 0.367 e. The number of ether oxygens (including phenoxy) is 1. The Morgan fingerprint density at radius 1 is 1.24 bits per heavy atom. The van der Waals surface area contributed by atoms with Gasteiger partial charge < -0.3 is 10.1 Å². The van der Waals surface area contributed by atoms with E-state index in [-0.39, 0.29) is 6.10 Å². The maximum atomic E-state index is 5.95. The van der Waals surface area contributed by atoms with Gasteiger partial charge in [0.15, 0.2) is 0 Å². The molecule has 0 radical (unpaired) electrons. The maximum absolute atomic E-state index is 5.95. The number of aromatic nitrogens is 1. The van der Waals surface area contributed by atoms with Crippen LogP contribution in [0.1, 0.15) is 54.1 Å². The monoisotopic (exact) mass is 304 g/mol. The molecule has 0 amide bonds. The molecule has 21 heavy (non-hydrogen) atoms. The van der Waals surface area contributed by atoms with Gasteiger partial charge in [0.25, 0.3) is 0 Å². The summed E-state index contributed by atoms with van der Waals surface area (Å²) in [7, 11) is 0. The van der Waals surface area contributed by atoms with Crippen LogP contribution >= 0.6 is 11.3 Å². The predicted molar refractivity (Wildman–Crippen MR) is 88.9 cm³/mol. The van der Waals surface area contributed by atoms with Gasteiger partial charge in [-0.05, 0) is 32.9 Å². The summed E-state index contributed by atoms with van der Waals surface area (Å²) in [5, 5.41) is 4.50. The van der Waals surface area contributed by atoms with Gasteiger partial charge in [0.1, 0.15) is 11.1 Å². The third-order valence-corrected chi connectivity index (χ3v) is 4.80. The number of hydrogen-bond donors (Lipinski definition) is 1. The van der Waals surface area contributed by atoms with Crippen molar-refractivity contribution in [1.82, 2.24) is 10.3 Å². The lowest BCUT2D eigenvalue weighted by Gasteiger charge is -2.15. The van der Waals surface area contributed by atoms with Gasteiger partial charge in [-0.3, -0.25) is 0 Å². The van der Waals surface area contributed by atoms with Crippen LogP contribution in [-0.4, -0.2) is 18.1 Å². The first-order valence-corrected chi connectivity index (χ1v) is 8.36. The van der Waals surface area contributed by atoms with Crippen LogP contribution in [0.15, 0.2) is 30.3 Å². The molecular formula is C17H24N2OS. The third kappa shape index (κ3) is 3.90. The number of aryl methyl sites for hydroxylation is 1. The molecule has 1 aromatic heterocycles. The number of thiazole rings is 1. The Balaban J connectivity index is 2.31. The minimum atomic E-state index is -0.0672. The first-order valence-electron chi connectivity index (χ1n) is 7.54. The average molecular weight is 304 g/mol. The van der Waals surface area contributed by atoms with Gasteiger partial charge in [-0.2, -0.15) is 0 Å². The fraction of sp³-hybridized carbons (Fsp3) is 0.471. The number of rotatable bonds is 7. The van der Waals surface area contributed by atoms with Crippen LogP contribution in [0.4, 0.5) is 0 Å². The first kappa shape index (κ1) is 16.1. The summed E-state index contributed by atoms with van der Waals surface area (Å²) in [6.07, 6.45) is -0.0672. The van der Waals surface area contributed by atoms with Gasteiger partial charge in [-0.15, -0.1) is 11.3 Å². The Hall–Kier alpha value is -1.23. The van der Waals surface area contributed by atoms with Crippen molar-refractivity contribution < 1.29 is 4.74 Å².